The first-order valence-corrected chi connectivity index (χ1v) is 10.8. The molecule has 0 radical (unpaired) electrons. The normalized spacial score (nSPS) is 15.5. The Balaban J connectivity index is 1.70. The number of hydrogen-bond donors (Lipinski definition) is 1. The molecule has 1 saturated heterocycles. The fourth-order valence-electron chi connectivity index (χ4n) is 3.54. The number of nitro benzene ring substituents is 1. The van der Waals surface area contributed by atoms with Crippen molar-refractivity contribution in [3.63, 3.8) is 0 Å². The number of anilines is 2. The molecule has 2 aromatic carbocycles. The third kappa shape index (κ3) is 4.92. The number of ether oxygens (including phenoxy) is 2. The molecular weight excluding hydrogens is 466 g/mol. The third-order valence-corrected chi connectivity index (χ3v) is 5.56. The largest absolute Gasteiger partial charge is 0.468 e. The molecule has 9 nitrogen and oxygen atoms in total. The quantitative estimate of drug-likeness (QED) is 0.384. The molecule has 2 heterocycles. The van der Waals surface area contributed by atoms with Gasteiger partial charge in [0.2, 0.25) is 5.75 Å². The first kappa shape index (κ1) is 21.4. The molecule has 0 aliphatic carbocycles. The summed E-state index contributed by atoms with van der Waals surface area (Å²) in [5.41, 5.74) is 1.24. The van der Waals surface area contributed by atoms with Crippen LogP contribution in [-0.2, 0) is 4.74 Å². The van der Waals surface area contributed by atoms with E-state index in [1.54, 1.807) is 6.07 Å². The molecule has 1 aliphatic heterocycles. The number of halogens is 1. The molecular formula is C21H22BrN5O4. The number of morpholine rings is 1. The Kier molecular flexibility index (Phi) is 6.59. The molecule has 0 amide bonds. The van der Waals surface area contributed by atoms with Crippen molar-refractivity contribution in [2.24, 2.45) is 0 Å². The van der Waals surface area contributed by atoms with Crippen molar-refractivity contribution in [1.82, 2.24) is 14.9 Å². The van der Waals surface area contributed by atoms with E-state index in [1.165, 1.54) is 12.4 Å². The van der Waals surface area contributed by atoms with Crippen LogP contribution < -0.4 is 10.1 Å². The van der Waals surface area contributed by atoms with E-state index in [9.17, 15) is 10.1 Å². The van der Waals surface area contributed by atoms with E-state index in [1.807, 2.05) is 31.2 Å². The topological polar surface area (TPSA) is 103 Å². The second kappa shape index (κ2) is 9.54. The lowest BCUT2D eigenvalue weighted by Crippen LogP contribution is -2.46. The molecule has 31 heavy (non-hydrogen) atoms. The summed E-state index contributed by atoms with van der Waals surface area (Å²) in [7, 11) is 0. The minimum atomic E-state index is -0.434. The molecule has 1 atom stereocenters. The van der Waals surface area contributed by atoms with E-state index >= 15 is 0 Å². The third-order valence-electron chi connectivity index (χ3n) is 5.07. The van der Waals surface area contributed by atoms with Crippen molar-refractivity contribution >= 4 is 44.0 Å². The maximum absolute atomic E-state index is 11.9. The standard InChI is InChI=1S/C21H22BrN5O4/c1-2-20(26-6-8-30-9-7-26)31-19-12-17-16(11-18(19)27(28)29)21(24-13-23-17)25-15-5-3-4-14(22)10-15/h3-5,10-13,20H,2,6-9H2,1H3,(H,23,24,25). The average molecular weight is 488 g/mol. The molecule has 10 heteroatoms. The van der Waals surface area contributed by atoms with Crippen LogP contribution in [0.5, 0.6) is 5.75 Å². The highest BCUT2D eigenvalue weighted by Gasteiger charge is 2.26. The Morgan fingerprint density at radius 1 is 1.29 bits per heavy atom. The Morgan fingerprint density at radius 3 is 2.81 bits per heavy atom. The van der Waals surface area contributed by atoms with Crippen molar-refractivity contribution in [3.05, 3.63) is 57.3 Å². The highest BCUT2D eigenvalue weighted by Crippen LogP contribution is 2.36. The Hall–Kier alpha value is -2.82. The van der Waals surface area contributed by atoms with Crippen LogP contribution in [0.2, 0.25) is 0 Å². The summed E-state index contributed by atoms with van der Waals surface area (Å²) in [5, 5.41) is 15.6. The van der Waals surface area contributed by atoms with Crippen molar-refractivity contribution < 1.29 is 14.4 Å². The van der Waals surface area contributed by atoms with Crippen molar-refractivity contribution in [2.45, 2.75) is 19.6 Å². The average Bonchev–Trinajstić information content (AvgIpc) is 2.77. The predicted molar refractivity (Wildman–Crippen MR) is 121 cm³/mol. The van der Waals surface area contributed by atoms with Gasteiger partial charge in [-0.25, -0.2) is 9.97 Å². The van der Waals surface area contributed by atoms with Crippen molar-refractivity contribution in [2.75, 3.05) is 31.6 Å². The zero-order chi connectivity index (χ0) is 21.8. The Morgan fingerprint density at radius 2 is 2.10 bits per heavy atom. The van der Waals surface area contributed by atoms with Gasteiger partial charge in [-0.1, -0.05) is 28.9 Å². The van der Waals surface area contributed by atoms with Gasteiger partial charge >= 0.3 is 5.69 Å². The van der Waals surface area contributed by atoms with E-state index in [0.717, 1.165) is 23.2 Å². The van der Waals surface area contributed by atoms with Gasteiger partial charge < -0.3 is 14.8 Å². The first-order chi connectivity index (χ1) is 15.0. The first-order valence-electron chi connectivity index (χ1n) is 9.99. The summed E-state index contributed by atoms with van der Waals surface area (Å²) in [5.74, 6) is 0.681. The zero-order valence-electron chi connectivity index (χ0n) is 17.0. The molecule has 1 aromatic heterocycles. The van der Waals surface area contributed by atoms with Gasteiger partial charge in [-0.15, -0.1) is 0 Å². The lowest BCUT2D eigenvalue weighted by molar-refractivity contribution is -0.386. The number of rotatable bonds is 7. The molecule has 0 bridgehead atoms. The molecule has 1 fully saturated rings. The molecule has 1 unspecified atom stereocenters. The van der Waals surface area contributed by atoms with Crippen LogP contribution >= 0.6 is 15.9 Å². The van der Waals surface area contributed by atoms with Gasteiger partial charge in [0, 0.05) is 35.4 Å². The smallest absolute Gasteiger partial charge is 0.311 e. The van der Waals surface area contributed by atoms with E-state index in [-0.39, 0.29) is 17.7 Å². The fourth-order valence-corrected chi connectivity index (χ4v) is 3.94. The maximum Gasteiger partial charge on any atom is 0.311 e. The molecule has 4 rings (SSSR count). The molecule has 0 spiro atoms. The van der Waals surface area contributed by atoms with Crippen LogP contribution in [-0.4, -0.2) is 52.3 Å². The summed E-state index contributed by atoms with van der Waals surface area (Å²) in [6, 6.07) is 10.7. The van der Waals surface area contributed by atoms with Crippen LogP contribution in [0.4, 0.5) is 17.2 Å². The lowest BCUT2D eigenvalue weighted by atomic mass is 10.2. The minimum absolute atomic E-state index is 0.119. The van der Waals surface area contributed by atoms with E-state index in [2.05, 4.69) is 36.1 Å². The molecule has 1 aliphatic rings. The Bertz CT molecular complexity index is 1090. The van der Waals surface area contributed by atoms with Gasteiger partial charge in [-0.2, -0.15) is 0 Å². The van der Waals surface area contributed by atoms with Gasteiger partial charge in [-0.3, -0.25) is 15.0 Å². The summed E-state index contributed by atoms with van der Waals surface area (Å²) in [4.78, 5) is 22.2. The molecule has 1 N–H and O–H groups in total. The predicted octanol–water partition coefficient (Wildman–Crippen LogP) is 4.49. The van der Waals surface area contributed by atoms with Gasteiger partial charge in [0.05, 0.1) is 29.0 Å². The SMILES string of the molecule is CCC(Oc1cc2ncnc(Nc3cccc(Br)c3)c2cc1[N+](=O)[O-])N1CCOCC1. The van der Waals surface area contributed by atoms with E-state index in [0.29, 0.717) is 36.4 Å². The van der Waals surface area contributed by atoms with Crippen LogP contribution in [0.1, 0.15) is 13.3 Å². The summed E-state index contributed by atoms with van der Waals surface area (Å²) < 4.78 is 12.4. The summed E-state index contributed by atoms with van der Waals surface area (Å²) in [6.07, 6.45) is 1.84. The summed E-state index contributed by atoms with van der Waals surface area (Å²) in [6.45, 7) is 4.69. The van der Waals surface area contributed by atoms with Crippen LogP contribution in [0.25, 0.3) is 10.9 Å². The van der Waals surface area contributed by atoms with Gasteiger partial charge in [0.15, 0.2) is 6.23 Å². The van der Waals surface area contributed by atoms with Gasteiger partial charge in [0.25, 0.3) is 0 Å². The number of aromatic nitrogens is 2. The minimum Gasteiger partial charge on any atom is -0.468 e. The molecule has 0 saturated carbocycles. The van der Waals surface area contributed by atoms with Crippen LogP contribution in [0.15, 0.2) is 47.2 Å². The lowest BCUT2D eigenvalue weighted by Gasteiger charge is -2.33. The highest BCUT2D eigenvalue weighted by molar-refractivity contribution is 9.10. The van der Waals surface area contributed by atoms with Crippen molar-refractivity contribution in [3.8, 4) is 5.75 Å². The molecule has 3 aromatic rings. The number of fused-ring (bicyclic) bond motifs is 1. The zero-order valence-corrected chi connectivity index (χ0v) is 18.5. The highest BCUT2D eigenvalue weighted by atomic mass is 79.9. The molecule has 162 valence electrons. The monoisotopic (exact) mass is 487 g/mol. The van der Waals surface area contributed by atoms with E-state index < -0.39 is 4.92 Å². The number of hydrogen-bond acceptors (Lipinski definition) is 8. The number of nitrogens with zero attached hydrogens (tertiary/aromatic N) is 4. The van der Waals surface area contributed by atoms with Crippen molar-refractivity contribution in [1.29, 1.82) is 0 Å². The Labute approximate surface area is 187 Å². The second-order valence-electron chi connectivity index (χ2n) is 7.08. The van der Waals surface area contributed by atoms with Gasteiger partial charge in [0.1, 0.15) is 12.1 Å². The number of nitrogens with one attached hydrogen (secondary N) is 1. The fraction of sp³-hybridized carbons (Fsp3) is 0.333. The van der Waals surface area contributed by atoms with Crippen LogP contribution in [0.3, 0.4) is 0 Å². The van der Waals surface area contributed by atoms with Gasteiger partial charge in [-0.05, 0) is 24.6 Å². The van der Waals surface area contributed by atoms with Crippen LogP contribution in [0, 0.1) is 10.1 Å². The number of nitro groups is 1. The number of benzene rings is 2. The summed E-state index contributed by atoms with van der Waals surface area (Å²) >= 11 is 3.44. The van der Waals surface area contributed by atoms with E-state index in [4.69, 9.17) is 9.47 Å². The maximum atomic E-state index is 11.9. The second-order valence-corrected chi connectivity index (χ2v) is 8.00.